The molecular weight excluding hydrogens is 216 g/mol. The number of aliphatic carboxylic acids is 1. The fraction of sp³-hybridized carbons (Fsp3) is 0.429. The zero-order chi connectivity index (χ0) is 12.5. The van der Waals surface area contributed by atoms with Crippen molar-refractivity contribution in [1.82, 2.24) is 0 Å². The van der Waals surface area contributed by atoms with Crippen LogP contribution in [-0.4, -0.2) is 16.9 Å². The molecule has 0 amide bonds. The summed E-state index contributed by atoms with van der Waals surface area (Å²) in [6.45, 7) is 2.04. The van der Waals surface area contributed by atoms with Gasteiger partial charge in [-0.05, 0) is 24.8 Å². The summed E-state index contributed by atoms with van der Waals surface area (Å²) in [6, 6.07) is 7.26. The molecule has 2 rings (SSSR count). The third kappa shape index (κ3) is 1.86. The van der Waals surface area contributed by atoms with E-state index in [1.807, 2.05) is 19.1 Å². The maximum absolute atomic E-state index is 12.2. The fourth-order valence-electron chi connectivity index (χ4n) is 2.24. The number of hydrogen-bond acceptors (Lipinski definition) is 2. The summed E-state index contributed by atoms with van der Waals surface area (Å²) in [5, 5.41) is 9.20. The van der Waals surface area contributed by atoms with Crippen LogP contribution in [0.3, 0.4) is 0 Å². The van der Waals surface area contributed by atoms with Gasteiger partial charge in [-0.15, -0.1) is 0 Å². The Morgan fingerprint density at radius 3 is 2.18 bits per heavy atom. The number of rotatable bonds is 4. The van der Waals surface area contributed by atoms with Gasteiger partial charge < -0.3 is 5.11 Å². The highest BCUT2D eigenvalue weighted by molar-refractivity contribution is 6.12. The molecule has 1 fully saturated rings. The van der Waals surface area contributed by atoms with E-state index in [-0.39, 0.29) is 5.78 Å². The van der Waals surface area contributed by atoms with Crippen LogP contribution in [0.2, 0.25) is 0 Å². The van der Waals surface area contributed by atoms with Crippen LogP contribution in [0.1, 0.15) is 42.1 Å². The van der Waals surface area contributed by atoms with Crippen molar-refractivity contribution in [1.29, 1.82) is 0 Å². The number of aryl methyl sites for hydroxylation is 1. The van der Waals surface area contributed by atoms with Crippen LogP contribution in [-0.2, 0) is 11.2 Å². The molecule has 1 aromatic carbocycles. The van der Waals surface area contributed by atoms with E-state index >= 15 is 0 Å². The number of Topliss-reactive ketones (excluding diaryl/α,β-unsaturated/α-hetero) is 1. The first-order chi connectivity index (χ1) is 8.10. The highest BCUT2D eigenvalue weighted by Gasteiger charge is 2.51. The van der Waals surface area contributed by atoms with Crippen molar-refractivity contribution in [3.8, 4) is 0 Å². The van der Waals surface area contributed by atoms with Gasteiger partial charge in [0.15, 0.2) is 5.78 Å². The number of benzene rings is 1. The minimum absolute atomic E-state index is 0.237. The molecule has 3 nitrogen and oxygen atoms in total. The number of hydrogen-bond donors (Lipinski definition) is 1. The Hall–Kier alpha value is -1.64. The van der Waals surface area contributed by atoms with Gasteiger partial charge in [0.25, 0.3) is 0 Å². The molecule has 0 aliphatic heterocycles. The molecule has 0 unspecified atom stereocenters. The van der Waals surface area contributed by atoms with Crippen molar-refractivity contribution in [3.05, 3.63) is 35.4 Å². The number of ketones is 1. The molecule has 0 saturated heterocycles. The van der Waals surface area contributed by atoms with Crippen LogP contribution in [0.15, 0.2) is 24.3 Å². The minimum atomic E-state index is -1.15. The fourth-order valence-corrected chi connectivity index (χ4v) is 2.24. The third-order valence-corrected chi connectivity index (χ3v) is 3.68. The monoisotopic (exact) mass is 232 g/mol. The standard InChI is InChI=1S/C14H16O3/c1-2-10-4-6-11(7-5-10)12(15)14(13(16)17)8-3-9-14/h4-7H,2-3,8-9H2,1H3,(H,16,17). The second-order valence-electron chi connectivity index (χ2n) is 4.62. The zero-order valence-corrected chi connectivity index (χ0v) is 9.90. The van der Waals surface area contributed by atoms with Crippen molar-refractivity contribution in [2.75, 3.05) is 0 Å². The van der Waals surface area contributed by atoms with Gasteiger partial charge in [-0.25, -0.2) is 0 Å². The summed E-state index contributed by atoms with van der Waals surface area (Å²) in [5.74, 6) is -1.22. The summed E-state index contributed by atoms with van der Waals surface area (Å²) in [6.07, 6.45) is 2.68. The first-order valence-electron chi connectivity index (χ1n) is 5.97. The Balaban J connectivity index is 2.27. The van der Waals surface area contributed by atoms with E-state index in [1.165, 1.54) is 0 Å². The topological polar surface area (TPSA) is 54.4 Å². The first kappa shape index (κ1) is 11.8. The Kier molecular flexibility index (Phi) is 3.01. The summed E-state index contributed by atoms with van der Waals surface area (Å²) in [4.78, 5) is 23.4. The molecule has 0 aromatic heterocycles. The molecule has 1 N–H and O–H groups in total. The molecule has 0 heterocycles. The molecular formula is C14H16O3. The van der Waals surface area contributed by atoms with E-state index in [1.54, 1.807) is 12.1 Å². The van der Waals surface area contributed by atoms with Crippen molar-refractivity contribution in [2.24, 2.45) is 5.41 Å². The number of carboxylic acids is 1. The molecule has 1 saturated carbocycles. The average molecular weight is 232 g/mol. The number of carboxylic acid groups (broad SMARTS) is 1. The highest BCUT2D eigenvalue weighted by atomic mass is 16.4. The second kappa shape index (κ2) is 4.32. The molecule has 1 aliphatic rings. The predicted molar refractivity (Wildman–Crippen MR) is 64.1 cm³/mol. The minimum Gasteiger partial charge on any atom is -0.480 e. The van der Waals surface area contributed by atoms with Gasteiger partial charge in [-0.1, -0.05) is 37.6 Å². The molecule has 0 spiro atoms. The van der Waals surface area contributed by atoms with Crippen LogP contribution < -0.4 is 0 Å². The highest BCUT2D eigenvalue weighted by Crippen LogP contribution is 2.43. The predicted octanol–water partition coefficient (Wildman–Crippen LogP) is 2.69. The number of carbonyl (C=O) groups is 2. The summed E-state index contributed by atoms with van der Waals surface area (Å²) >= 11 is 0. The van der Waals surface area contributed by atoms with Crippen LogP contribution in [0.5, 0.6) is 0 Å². The molecule has 90 valence electrons. The Morgan fingerprint density at radius 2 is 1.82 bits per heavy atom. The van der Waals surface area contributed by atoms with Gasteiger partial charge in [-0.3, -0.25) is 9.59 Å². The van der Waals surface area contributed by atoms with Gasteiger partial charge in [0.1, 0.15) is 5.41 Å². The summed E-state index contributed by atoms with van der Waals surface area (Å²) < 4.78 is 0. The van der Waals surface area contributed by atoms with Gasteiger partial charge >= 0.3 is 5.97 Å². The van der Waals surface area contributed by atoms with E-state index in [4.69, 9.17) is 0 Å². The van der Waals surface area contributed by atoms with Crippen LogP contribution >= 0.6 is 0 Å². The molecule has 1 aromatic rings. The normalized spacial score (nSPS) is 17.2. The molecule has 0 radical (unpaired) electrons. The Labute approximate surface area is 100 Å². The second-order valence-corrected chi connectivity index (χ2v) is 4.62. The van der Waals surface area contributed by atoms with E-state index in [0.29, 0.717) is 18.4 Å². The molecule has 0 atom stereocenters. The quantitative estimate of drug-likeness (QED) is 0.641. The van der Waals surface area contributed by atoms with Gasteiger partial charge in [0.05, 0.1) is 0 Å². The van der Waals surface area contributed by atoms with E-state index in [2.05, 4.69) is 0 Å². The van der Waals surface area contributed by atoms with E-state index < -0.39 is 11.4 Å². The van der Waals surface area contributed by atoms with Crippen LogP contribution in [0, 0.1) is 5.41 Å². The van der Waals surface area contributed by atoms with Gasteiger partial charge in [0.2, 0.25) is 0 Å². The lowest BCUT2D eigenvalue weighted by Gasteiger charge is -2.35. The van der Waals surface area contributed by atoms with Crippen molar-refractivity contribution in [3.63, 3.8) is 0 Å². The van der Waals surface area contributed by atoms with Gasteiger partial charge in [0, 0.05) is 5.56 Å². The molecule has 3 heteroatoms. The summed E-state index contributed by atoms with van der Waals surface area (Å²) in [7, 11) is 0. The maximum Gasteiger partial charge on any atom is 0.317 e. The lowest BCUT2D eigenvalue weighted by atomic mass is 9.64. The zero-order valence-electron chi connectivity index (χ0n) is 9.90. The van der Waals surface area contributed by atoms with Crippen LogP contribution in [0.25, 0.3) is 0 Å². The van der Waals surface area contributed by atoms with E-state index in [9.17, 15) is 14.7 Å². The first-order valence-corrected chi connectivity index (χ1v) is 5.97. The summed E-state index contributed by atoms with van der Waals surface area (Å²) in [5.41, 5.74) is 0.525. The van der Waals surface area contributed by atoms with E-state index in [0.717, 1.165) is 18.4 Å². The van der Waals surface area contributed by atoms with Crippen molar-refractivity contribution in [2.45, 2.75) is 32.6 Å². The molecule has 17 heavy (non-hydrogen) atoms. The molecule has 0 bridgehead atoms. The average Bonchev–Trinajstić information content (AvgIpc) is 2.27. The van der Waals surface area contributed by atoms with Crippen molar-refractivity contribution >= 4 is 11.8 Å². The Morgan fingerprint density at radius 1 is 1.24 bits per heavy atom. The van der Waals surface area contributed by atoms with Gasteiger partial charge in [-0.2, -0.15) is 0 Å². The van der Waals surface area contributed by atoms with Crippen LogP contribution in [0.4, 0.5) is 0 Å². The van der Waals surface area contributed by atoms with Crippen molar-refractivity contribution < 1.29 is 14.7 Å². The maximum atomic E-state index is 12.2. The largest absolute Gasteiger partial charge is 0.480 e. The smallest absolute Gasteiger partial charge is 0.317 e. The Bertz CT molecular complexity index is 441. The third-order valence-electron chi connectivity index (χ3n) is 3.68. The SMILES string of the molecule is CCc1ccc(C(=O)C2(C(=O)O)CCC2)cc1. The lowest BCUT2D eigenvalue weighted by molar-refractivity contribution is -0.150. The lowest BCUT2D eigenvalue weighted by Crippen LogP contribution is -2.45. The molecule has 1 aliphatic carbocycles. The number of carbonyl (C=O) groups excluding carboxylic acids is 1.